The molecule has 1 aromatic carbocycles. The Balaban J connectivity index is 1.98. The van der Waals surface area contributed by atoms with E-state index in [0.29, 0.717) is 0 Å². The predicted molar refractivity (Wildman–Crippen MR) is 80.3 cm³/mol. The molecule has 19 heavy (non-hydrogen) atoms. The van der Waals surface area contributed by atoms with Crippen molar-refractivity contribution in [2.75, 3.05) is 26.7 Å². The van der Waals surface area contributed by atoms with Crippen molar-refractivity contribution in [2.24, 2.45) is 12.8 Å². The summed E-state index contributed by atoms with van der Waals surface area (Å²) < 4.78 is 2.13. The van der Waals surface area contributed by atoms with Gasteiger partial charge >= 0.3 is 0 Å². The maximum Gasteiger partial charge on any atom is 0.106 e. The average Bonchev–Trinajstić information content (AvgIpc) is 2.65. The van der Waals surface area contributed by atoms with E-state index in [1.165, 1.54) is 11.1 Å². The van der Waals surface area contributed by atoms with E-state index in [4.69, 9.17) is 5.73 Å². The molecule has 0 spiro atoms. The Hall–Kier alpha value is -1.39. The molecule has 0 fully saturated rings. The first-order valence-corrected chi connectivity index (χ1v) is 6.92. The van der Waals surface area contributed by atoms with E-state index in [9.17, 15) is 0 Å². The number of benzene rings is 1. The molecule has 4 heteroatoms. The molecule has 104 valence electrons. The van der Waals surface area contributed by atoms with Crippen LogP contribution in [0.5, 0.6) is 0 Å². The summed E-state index contributed by atoms with van der Waals surface area (Å²) in [6.45, 7) is 4.84. The van der Waals surface area contributed by atoms with Crippen LogP contribution in [0.25, 0.3) is 11.0 Å². The molecule has 4 nitrogen and oxygen atoms in total. The number of likely N-dealkylation sites (N-methyl/N-ethyl adjacent to an activating group) is 1. The second kappa shape index (κ2) is 6.17. The van der Waals surface area contributed by atoms with Crippen LogP contribution < -0.4 is 5.73 Å². The Bertz CT molecular complexity index is 544. The highest BCUT2D eigenvalue weighted by Gasteiger charge is 2.05. The first kappa shape index (κ1) is 14.0. The number of imidazole rings is 1. The minimum atomic E-state index is 0.732. The van der Waals surface area contributed by atoms with Crippen molar-refractivity contribution in [3.05, 3.63) is 29.6 Å². The number of hydrogen-bond donors (Lipinski definition) is 1. The quantitative estimate of drug-likeness (QED) is 0.860. The van der Waals surface area contributed by atoms with Crippen molar-refractivity contribution in [3.63, 3.8) is 0 Å². The lowest BCUT2D eigenvalue weighted by Crippen LogP contribution is -2.26. The number of hydrogen-bond acceptors (Lipinski definition) is 3. The summed E-state index contributed by atoms with van der Waals surface area (Å²) in [6.07, 6.45) is 2.26. The van der Waals surface area contributed by atoms with Gasteiger partial charge < -0.3 is 15.2 Å². The Kier molecular flexibility index (Phi) is 4.56. The maximum absolute atomic E-state index is 5.54. The van der Waals surface area contributed by atoms with Gasteiger partial charge in [0, 0.05) is 20.1 Å². The van der Waals surface area contributed by atoms with Crippen molar-refractivity contribution in [1.29, 1.82) is 0 Å². The first-order chi connectivity index (χ1) is 9.11. The Morgan fingerprint density at radius 3 is 2.84 bits per heavy atom. The highest BCUT2D eigenvalue weighted by Crippen LogP contribution is 2.17. The van der Waals surface area contributed by atoms with Gasteiger partial charge in [0.15, 0.2) is 0 Å². The molecule has 1 heterocycles. The van der Waals surface area contributed by atoms with Gasteiger partial charge in [0.05, 0.1) is 11.0 Å². The van der Waals surface area contributed by atoms with Crippen molar-refractivity contribution < 1.29 is 0 Å². The zero-order chi connectivity index (χ0) is 13.8. The Morgan fingerprint density at radius 1 is 1.32 bits per heavy atom. The molecule has 0 aliphatic heterocycles. The number of nitrogens with zero attached hydrogens (tertiary/aromatic N) is 3. The zero-order valence-corrected chi connectivity index (χ0v) is 12.2. The SMILES string of the molecule is Cc1nc2cc(CCCN(C)CCN)ccc2n1C. The van der Waals surface area contributed by atoms with E-state index in [1.54, 1.807) is 0 Å². The van der Waals surface area contributed by atoms with Gasteiger partial charge in [0.1, 0.15) is 5.82 Å². The number of nitrogens with two attached hydrogens (primary N) is 1. The van der Waals surface area contributed by atoms with Crippen molar-refractivity contribution in [1.82, 2.24) is 14.5 Å². The number of aryl methyl sites for hydroxylation is 3. The molecule has 0 atom stereocenters. The molecular weight excluding hydrogens is 236 g/mol. The summed E-state index contributed by atoms with van der Waals surface area (Å²) in [5.41, 5.74) is 9.22. The first-order valence-electron chi connectivity index (χ1n) is 6.92. The molecule has 2 aromatic rings. The molecule has 0 saturated heterocycles. The van der Waals surface area contributed by atoms with E-state index >= 15 is 0 Å². The van der Waals surface area contributed by atoms with Crippen LogP contribution in [0, 0.1) is 6.92 Å². The van der Waals surface area contributed by atoms with Gasteiger partial charge in [-0.1, -0.05) is 6.07 Å². The van der Waals surface area contributed by atoms with Gasteiger partial charge in [-0.3, -0.25) is 0 Å². The highest BCUT2D eigenvalue weighted by molar-refractivity contribution is 5.76. The topological polar surface area (TPSA) is 47.1 Å². The van der Waals surface area contributed by atoms with Crippen LogP contribution in [0.4, 0.5) is 0 Å². The van der Waals surface area contributed by atoms with Gasteiger partial charge in [-0.2, -0.15) is 0 Å². The summed E-state index contributed by atoms with van der Waals surface area (Å²) >= 11 is 0. The largest absolute Gasteiger partial charge is 0.331 e. The van der Waals surface area contributed by atoms with Crippen molar-refractivity contribution in [2.45, 2.75) is 19.8 Å². The van der Waals surface area contributed by atoms with E-state index in [1.807, 2.05) is 6.92 Å². The molecule has 2 rings (SSSR count). The number of aromatic nitrogens is 2. The summed E-state index contributed by atoms with van der Waals surface area (Å²) in [7, 11) is 4.18. The smallest absolute Gasteiger partial charge is 0.106 e. The minimum Gasteiger partial charge on any atom is -0.331 e. The molecular formula is C15H24N4. The number of fused-ring (bicyclic) bond motifs is 1. The van der Waals surface area contributed by atoms with Gasteiger partial charge in [-0.05, 0) is 51.1 Å². The third-order valence-electron chi connectivity index (χ3n) is 3.68. The standard InChI is InChI=1S/C15H24N4/c1-12-17-14-11-13(6-7-15(14)19(12)3)5-4-9-18(2)10-8-16/h6-7,11H,4-5,8-10,16H2,1-3H3. The third-order valence-corrected chi connectivity index (χ3v) is 3.68. The second-order valence-electron chi connectivity index (χ2n) is 5.24. The van der Waals surface area contributed by atoms with Gasteiger partial charge in [0.2, 0.25) is 0 Å². The van der Waals surface area contributed by atoms with E-state index in [-0.39, 0.29) is 0 Å². The average molecular weight is 260 g/mol. The van der Waals surface area contributed by atoms with Crippen molar-refractivity contribution >= 4 is 11.0 Å². The third kappa shape index (κ3) is 3.33. The Morgan fingerprint density at radius 2 is 2.11 bits per heavy atom. The molecule has 0 aliphatic rings. The highest BCUT2D eigenvalue weighted by atomic mass is 15.1. The lowest BCUT2D eigenvalue weighted by atomic mass is 10.1. The van der Waals surface area contributed by atoms with Crippen LogP contribution in [0.1, 0.15) is 17.8 Å². The lowest BCUT2D eigenvalue weighted by Gasteiger charge is -2.14. The van der Waals surface area contributed by atoms with Crippen LogP contribution in [0.3, 0.4) is 0 Å². The summed E-state index contributed by atoms with van der Waals surface area (Å²) in [5.74, 6) is 1.06. The fraction of sp³-hybridized carbons (Fsp3) is 0.533. The van der Waals surface area contributed by atoms with Crippen LogP contribution in [-0.4, -0.2) is 41.1 Å². The summed E-state index contributed by atoms with van der Waals surface area (Å²) in [6, 6.07) is 6.60. The minimum absolute atomic E-state index is 0.732. The van der Waals surface area contributed by atoms with Crippen LogP contribution in [0.15, 0.2) is 18.2 Å². The van der Waals surface area contributed by atoms with Crippen LogP contribution >= 0.6 is 0 Å². The predicted octanol–water partition coefficient (Wildman–Crippen LogP) is 1.70. The molecule has 1 aromatic heterocycles. The normalized spacial score (nSPS) is 11.6. The molecule has 2 N–H and O–H groups in total. The monoisotopic (exact) mass is 260 g/mol. The van der Waals surface area contributed by atoms with Crippen LogP contribution in [-0.2, 0) is 13.5 Å². The lowest BCUT2D eigenvalue weighted by molar-refractivity contribution is 0.338. The molecule has 0 radical (unpaired) electrons. The van der Waals surface area contributed by atoms with E-state index in [2.05, 4.69) is 46.7 Å². The number of rotatable bonds is 6. The molecule has 0 bridgehead atoms. The van der Waals surface area contributed by atoms with Gasteiger partial charge in [-0.15, -0.1) is 0 Å². The van der Waals surface area contributed by atoms with E-state index < -0.39 is 0 Å². The fourth-order valence-electron chi connectivity index (χ4n) is 2.41. The molecule has 0 aliphatic carbocycles. The van der Waals surface area contributed by atoms with Gasteiger partial charge in [-0.25, -0.2) is 4.98 Å². The van der Waals surface area contributed by atoms with E-state index in [0.717, 1.165) is 43.8 Å². The summed E-state index contributed by atoms with van der Waals surface area (Å²) in [5, 5.41) is 0. The second-order valence-corrected chi connectivity index (χ2v) is 5.24. The van der Waals surface area contributed by atoms with Crippen molar-refractivity contribution in [3.8, 4) is 0 Å². The molecule has 0 saturated carbocycles. The molecule has 0 amide bonds. The maximum atomic E-state index is 5.54. The zero-order valence-electron chi connectivity index (χ0n) is 12.2. The van der Waals surface area contributed by atoms with Gasteiger partial charge in [0.25, 0.3) is 0 Å². The molecule has 0 unspecified atom stereocenters. The van der Waals surface area contributed by atoms with Crippen LogP contribution in [0.2, 0.25) is 0 Å². The Labute approximate surface area is 115 Å². The summed E-state index contributed by atoms with van der Waals surface area (Å²) in [4.78, 5) is 6.86. The fourth-order valence-corrected chi connectivity index (χ4v) is 2.41.